The minimum absolute atomic E-state index is 0.0321. The Bertz CT molecular complexity index is 1100. The van der Waals surface area contributed by atoms with Gasteiger partial charge in [-0.05, 0) is 48.4 Å². The third-order valence-electron chi connectivity index (χ3n) is 5.10. The number of thioether (sulfide) groups is 1. The summed E-state index contributed by atoms with van der Waals surface area (Å²) < 4.78 is 1.72. The van der Waals surface area contributed by atoms with Crippen molar-refractivity contribution in [2.45, 2.75) is 43.6 Å². The first-order chi connectivity index (χ1) is 13.5. The van der Waals surface area contributed by atoms with Gasteiger partial charge in [-0.3, -0.25) is 9.36 Å². The molecule has 7 heteroatoms. The first-order valence-corrected chi connectivity index (χ1v) is 11.8. The molecule has 1 aromatic carbocycles. The van der Waals surface area contributed by atoms with E-state index in [1.54, 1.807) is 22.0 Å². The van der Waals surface area contributed by atoms with Crippen molar-refractivity contribution < 1.29 is 0 Å². The fraction of sp³-hybridized carbons (Fsp3) is 0.333. The van der Waals surface area contributed by atoms with Crippen LogP contribution in [0.4, 0.5) is 0 Å². The second kappa shape index (κ2) is 8.23. The van der Waals surface area contributed by atoms with Crippen molar-refractivity contribution in [2.75, 3.05) is 0 Å². The van der Waals surface area contributed by atoms with Crippen molar-refractivity contribution in [1.82, 2.24) is 9.55 Å². The molecule has 1 atom stereocenters. The first-order valence-electron chi connectivity index (χ1n) is 9.21. The quantitative estimate of drug-likeness (QED) is 0.257. The van der Waals surface area contributed by atoms with Crippen molar-refractivity contribution >= 4 is 56.5 Å². The van der Waals surface area contributed by atoms with E-state index < -0.39 is 0 Å². The van der Waals surface area contributed by atoms with Crippen LogP contribution in [-0.2, 0) is 25.1 Å². The van der Waals surface area contributed by atoms with E-state index in [0.29, 0.717) is 33.4 Å². The molecule has 0 amide bonds. The van der Waals surface area contributed by atoms with Gasteiger partial charge in [0.25, 0.3) is 5.56 Å². The molecule has 4 rings (SSSR count). The average Bonchev–Trinajstić information content (AvgIpc) is 3.01. The lowest BCUT2D eigenvalue weighted by Gasteiger charge is -2.17. The number of aryl methyl sites for hydroxylation is 1. The highest BCUT2D eigenvalue weighted by Crippen LogP contribution is 2.37. The third kappa shape index (κ3) is 3.65. The molecule has 0 aliphatic heterocycles. The van der Waals surface area contributed by atoms with Crippen LogP contribution in [0.3, 0.4) is 0 Å². The fourth-order valence-electron chi connectivity index (χ4n) is 3.61. The zero-order valence-corrected chi connectivity index (χ0v) is 18.6. The summed E-state index contributed by atoms with van der Waals surface area (Å²) >= 11 is 15.8. The largest absolute Gasteiger partial charge is 0.283 e. The smallest absolute Gasteiger partial charge is 0.263 e. The number of aromatic nitrogens is 2. The molecule has 2 heterocycles. The van der Waals surface area contributed by atoms with Crippen molar-refractivity contribution in [1.29, 1.82) is 0 Å². The highest BCUT2D eigenvalue weighted by Gasteiger charge is 2.24. The number of thiophene rings is 1. The van der Waals surface area contributed by atoms with Gasteiger partial charge < -0.3 is 0 Å². The van der Waals surface area contributed by atoms with E-state index in [9.17, 15) is 4.79 Å². The molecule has 2 aromatic heterocycles. The Morgan fingerprint density at radius 2 is 2.14 bits per heavy atom. The van der Waals surface area contributed by atoms with Crippen molar-refractivity contribution in [3.8, 4) is 0 Å². The summed E-state index contributed by atoms with van der Waals surface area (Å²) in [4.78, 5) is 20.3. The molecular formula is C21H20Cl2N2OS2. The lowest BCUT2D eigenvalue weighted by molar-refractivity contribution is 0.509. The van der Waals surface area contributed by atoms with Crippen LogP contribution < -0.4 is 5.56 Å². The zero-order valence-electron chi connectivity index (χ0n) is 15.5. The van der Waals surface area contributed by atoms with Crippen molar-refractivity contribution in [2.24, 2.45) is 5.92 Å². The topological polar surface area (TPSA) is 34.9 Å². The third-order valence-corrected chi connectivity index (χ3v) is 7.96. The summed E-state index contributed by atoms with van der Waals surface area (Å²) in [6.07, 6.45) is 4.86. The van der Waals surface area contributed by atoms with Gasteiger partial charge in [0.05, 0.1) is 5.39 Å². The van der Waals surface area contributed by atoms with E-state index in [2.05, 4.69) is 13.5 Å². The van der Waals surface area contributed by atoms with Gasteiger partial charge in [0.2, 0.25) is 0 Å². The Labute approximate surface area is 182 Å². The Morgan fingerprint density at radius 1 is 1.39 bits per heavy atom. The molecule has 0 spiro atoms. The van der Waals surface area contributed by atoms with Gasteiger partial charge in [-0.2, -0.15) is 0 Å². The first kappa shape index (κ1) is 20.0. The molecule has 3 aromatic rings. The van der Waals surface area contributed by atoms with Gasteiger partial charge in [0.15, 0.2) is 5.16 Å². The monoisotopic (exact) mass is 450 g/mol. The molecule has 1 unspecified atom stereocenters. The van der Waals surface area contributed by atoms with E-state index in [0.717, 1.165) is 35.0 Å². The molecule has 1 aliphatic rings. The molecule has 1 aliphatic carbocycles. The molecular weight excluding hydrogens is 431 g/mol. The van der Waals surface area contributed by atoms with Crippen LogP contribution in [0, 0.1) is 5.92 Å². The predicted octanol–water partition coefficient (Wildman–Crippen LogP) is 6.37. The van der Waals surface area contributed by atoms with Crippen LogP contribution in [0.25, 0.3) is 10.2 Å². The van der Waals surface area contributed by atoms with E-state index in [4.69, 9.17) is 28.2 Å². The molecule has 0 saturated heterocycles. The molecule has 0 bridgehead atoms. The summed E-state index contributed by atoms with van der Waals surface area (Å²) in [6.45, 7) is 6.51. The van der Waals surface area contributed by atoms with Crippen LogP contribution in [0.15, 0.2) is 40.8 Å². The van der Waals surface area contributed by atoms with Gasteiger partial charge in [0, 0.05) is 27.2 Å². The summed E-state index contributed by atoms with van der Waals surface area (Å²) in [5.41, 5.74) is 2.10. The molecule has 0 radical (unpaired) electrons. The Balaban J connectivity index is 1.78. The SMILES string of the molecule is C=CCn1c(SCc2c(Cl)cccc2Cl)nc2sc3c(c2c1=O)CCC(C)C3. The lowest BCUT2D eigenvalue weighted by Crippen LogP contribution is -2.23. The maximum Gasteiger partial charge on any atom is 0.263 e. The second-order valence-corrected chi connectivity index (χ2v) is 9.96. The van der Waals surface area contributed by atoms with Crippen molar-refractivity contribution in [3.63, 3.8) is 0 Å². The average molecular weight is 451 g/mol. The molecule has 146 valence electrons. The number of hydrogen-bond donors (Lipinski definition) is 0. The predicted molar refractivity (Wildman–Crippen MR) is 121 cm³/mol. The van der Waals surface area contributed by atoms with Crippen LogP contribution >= 0.6 is 46.3 Å². The number of benzene rings is 1. The number of hydrogen-bond acceptors (Lipinski definition) is 4. The maximum atomic E-state index is 13.3. The standard InChI is InChI=1S/C21H20Cl2N2OS2/c1-3-9-25-20(26)18-13-8-7-12(2)10-17(13)28-19(18)24-21(25)27-11-14-15(22)5-4-6-16(14)23/h3-6,12H,1,7-11H2,2H3. The van der Waals surface area contributed by atoms with E-state index in [1.165, 1.54) is 22.2 Å². The lowest BCUT2D eigenvalue weighted by atomic mass is 9.89. The van der Waals surface area contributed by atoms with Crippen LogP contribution in [0.1, 0.15) is 29.3 Å². The van der Waals surface area contributed by atoms with Crippen LogP contribution in [-0.4, -0.2) is 9.55 Å². The van der Waals surface area contributed by atoms with Gasteiger partial charge in [-0.25, -0.2) is 4.98 Å². The number of fused-ring (bicyclic) bond motifs is 3. The van der Waals surface area contributed by atoms with Crippen molar-refractivity contribution in [3.05, 3.63) is 67.3 Å². The number of rotatable bonds is 5. The van der Waals surface area contributed by atoms with Gasteiger partial charge in [-0.1, -0.05) is 54.0 Å². The van der Waals surface area contributed by atoms with E-state index in [1.807, 2.05) is 18.2 Å². The number of nitrogens with zero attached hydrogens (tertiary/aromatic N) is 2. The van der Waals surface area contributed by atoms with Gasteiger partial charge in [-0.15, -0.1) is 17.9 Å². The molecule has 0 fully saturated rings. The second-order valence-electron chi connectivity index (χ2n) is 7.12. The summed E-state index contributed by atoms with van der Waals surface area (Å²) in [6, 6.07) is 5.48. The Hall–Kier alpha value is -1.27. The van der Waals surface area contributed by atoms with Gasteiger partial charge >= 0.3 is 0 Å². The molecule has 28 heavy (non-hydrogen) atoms. The molecule has 0 saturated carbocycles. The summed E-state index contributed by atoms with van der Waals surface area (Å²) in [5.74, 6) is 1.21. The highest BCUT2D eigenvalue weighted by atomic mass is 35.5. The minimum atomic E-state index is 0.0321. The van der Waals surface area contributed by atoms with Crippen LogP contribution in [0.2, 0.25) is 10.0 Å². The Kier molecular flexibility index (Phi) is 5.88. The minimum Gasteiger partial charge on any atom is -0.283 e. The zero-order chi connectivity index (χ0) is 19.8. The van der Waals surface area contributed by atoms with E-state index >= 15 is 0 Å². The maximum absolute atomic E-state index is 13.3. The van der Waals surface area contributed by atoms with Crippen LogP contribution in [0.5, 0.6) is 0 Å². The molecule has 3 nitrogen and oxygen atoms in total. The molecule has 0 N–H and O–H groups in total. The number of allylic oxidation sites excluding steroid dienone is 1. The highest BCUT2D eigenvalue weighted by molar-refractivity contribution is 7.98. The fourth-order valence-corrected chi connectivity index (χ4v) is 6.79. The normalized spacial score (nSPS) is 16.3. The number of halogens is 2. The summed E-state index contributed by atoms with van der Waals surface area (Å²) in [7, 11) is 0. The van der Waals surface area contributed by atoms with Gasteiger partial charge in [0.1, 0.15) is 4.83 Å². The summed E-state index contributed by atoms with van der Waals surface area (Å²) in [5, 5.41) is 2.73. The van der Waals surface area contributed by atoms with E-state index in [-0.39, 0.29) is 5.56 Å². The Morgan fingerprint density at radius 3 is 2.86 bits per heavy atom.